The highest BCUT2D eigenvalue weighted by Crippen LogP contribution is 2.32. The van der Waals surface area contributed by atoms with E-state index in [1.165, 1.54) is 0 Å². The average molecular weight is 399 g/mol. The van der Waals surface area contributed by atoms with Crippen molar-refractivity contribution in [3.8, 4) is 11.3 Å². The Morgan fingerprint density at radius 1 is 1.17 bits per heavy atom. The first kappa shape index (κ1) is 19.1. The van der Waals surface area contributed by atoms with Crippen LogP contribution >= 0.6 is 0 Å². The second kappa shape index (κ2) is 7.63. The number of H-pyrrole nitrogens is 1. The van der Waals surface area contributed by atoms with Crippen LogP contribution in [0.1, 0.15) is 12.0 Å². The van der Waals surface area contributed by atoms with Crippen molar-refractivity contribution in [3.05, 3.63) is 59.7 Å². The van der Waals surface area contributed by atoms with Gasteiger partial charge in [0.1, 0.15) is 12.1 Å². The first-order valence-corrected chi connectivity index (χ1v) is 9.24. The van der Waals surface area contributed by atoms with E-state index in [4.69, 9.17) is 0 Å². The Morgan fingerprint density at radius 2 is 1.90 bits per heavy atom. The predicted octanol–water partition coefficient (Wildman–Crippen LogP) is 2.02. The Morgan fingerprint density at radius 3 is 2.59 bits per heavy atom. The lowest BCUT2D eigenvalue weighted by Gasteiger charge is -2.13. The largest absolute Gasteiger partial charge is 0.389 e. The summed E-state index contributed by atoms with van der Waals surface area (Å²) in [5, 5.41) is 15.3. The molecule has 1 aliphatic heterocycles. The van der Waals surface area contributed by atoms with E-state index in [9.17, 15) is 23.5 Å². The molecule has 4 N–H and O–H groups in total. The minimum Gasteiger partial charge on any atom is -0.389 e. The minimum atomic E-state index is -0.981. The minimum absolute atomic E-state index is 0.0162. The average Bonchev–Trinajstić information content (AvgIpc) is 3.22. The lowest BCUT2D eigenvalue weighted by molar-refractivity contribution is -0.128. The second-order valence-electron chi connectivity index (χ2n) is 7.01. The molecule has 0 unspecified atom stereocenters. The number of amides is 2. The van der Waals surface area contributed by atoms with E-state index in [-0.39, 0.29) is 19.4 Å². The third-order valence-electron chi connectivity index (χ3n) is 5.08. The monoisotopic (exact) mass is 399 g/mol. The van der Waals surface area contributed by atoms with Gasteiger partial charge in [0.05, 0.1) is 0 Å². The number of aromatic nitrogens is 1. The molecule has 6 nitrogen and oxygen atoms in total. The highest BCUT2D eigenvalue weighted by Gasteiger charge is 2.34. The van der Waals surface area contributed by atoms with Crippen LogP contribution in [0.3, 0.4) is 0 Å². The van der Waals surface area contributed by atoms with Crippen molar-refractivity contribution >= 4 is 22.7 Å². The molecule has 29 heavy (non-hydrogen) atoms. The fourth-order valence-corrected chi connectivity index (χ4v) is 3.61. The number of hydrogen-bond donors (Lipinski definition) is 4. The number of aryl methyl sites for hydroxylation is 1. The third-order valence-corrected chi connectivity index (χ3v) is 5.08. The van der Waals surface area contributed by atoms with E-state index in [1.54, 1.807) is 0 Å². The molecular formula is C21H19F2N3O3. The van der Waals surface area contributed by atoms with Crippen LogP contribution in [0.4, 0.5) is 8.78 Å². The highest BCUT2D eigenvalue weighted by molar-refractivity contribution is 5.92. The van der Waals surface area contributed by atoms with Gasteiger partial charge in [-0.1, -0.05) is 30.3 Å². The quantitative estimate of drug-likeness (QED) is 0.529. The SMILES string of the molecule is O=C(CCc1c(-c2ccccc2)[nH]c2cc(F)c(F)cc12)N[C@@H]1C(=O)NC[C@H]1O. The zero-order chi connectivity index (χ0) is 20.5. The molecule has 0 bridgehead atoms. The van der Waals surface area contributed by atoms with Crippen molar-refractivity contribution < 1.29 is 23.5 Å². The van der Waals surface area contributed by atoms with Gasteiger partial charge in [-0.25, -0.2) is 8.78 Å². The van der Waals surface area contributed by atoms with Crippen LogP contribution in [0.2, 0.25) is 0 Å². The maximum absolute atomic E-state index is 13.9. The van der Waals surface area contributed by atoms with Gasteiger partial charge in [0.15, 0.2) is 11.6 Å². The molecule has 2 heterocycles. The van der Waals surface area contributed by atoms with Gasteiger partial charge < -0.3 is 20.7 Å². The Balaban J connectivity index is 1.62. The summed E-state index contributed by atoms with van der Waals surface area (Å²) in [6.07, 6.45) is -0.718. The van der Waals surface area contributed by atoms with Gasteiger partial charge in [-0.15, -0.1) is 0 Å². The lowest BCUT2D eigenvalue weighted by atomic mass is 10.0. The van der Waals surface area contributed by atoms with Crippen LogP contribution in [0, 0.1) is 11.6 Å². The summed E-state index contributed by atoms with van der Waals surface area (Å²) in [6, 6.07) is 10.5. The van der Waals surface area contributed by atoms with Crippen LogP contribution < -0.4 is 10.6 Å². The summed E-state index contributed by atoms with van der Waals surface area (Å²) in [5.41, 5.74) is 2.61. The van der Waals surface area contributed by atoms with Gasteiger partial charge >= 0.3 is 0 Å². The molecular weight excluding hydrogens is 380 g/mol. The number of halogens is 2. The fourth-order valence-electron chi connectivity index (χ4n) is 3.61. The zero-order valence-corrected chi connectivity index (χ0v) is 15.3. The maximum Gasteiger partial charge on any atom is 0.245 e. The molecule has 1 aromatic heterocycles. The smallest absolute Gasteiger partial charge is 0.245 e. The number of carbonyl (C=O) groups excluding carboxylic acids is 2. The summed E-state index contributed by atoms with van der Waals surface area (Å²) < 4.78 is 27.5. The van der Waals surface area contributed by atoms with Crippen LogP contribution in [0.15, 0.2) is 42.5 Å². The molecule has 150 valence electrons. The van der Waals surface area contributed by atoms with E-state index in [1.807, 2.05) is 30.3 Å². The van der Waals surface area contributed by atoms with Crippen molar-refractivity contribution in [2.24, 2.45) is 0 Å². The number of carbonyl (C=O) groups is 2. The Hall–Kier alpha value is -3.26. The van der Waals surface area contributed by atoms with Crippen LogP contribution in [0.25, 0.3) is 22.2 Å². The number of aliphatic hydroxyl groups is 1. The number of nitrogens with one attached hydrogen (secondary N) is 3. The first-order valence-electron chi connectivity index (χ1n) is 9.24. The molecule has 4 rings (SSSR count). The molecule has 0 aliphatic carbocycles. The number of β-amino-alcohol motifs (C(OH)–C–C–N with tert-alkyl or cyclic N) is 1. The molecule has 8 heteroatoms. The van der Waals surface area contributed by atoms with Crippen molar-refractivity contribution in [1.29, 1.82) is 0 Å². The number of hydrogen-bond acceptors (Lipinski definition) is 3. The summed E-state index contributed by atoms with van der Waals surface area (Å²) in [5.74, 6) is -2.76. The second-order valence-corrected chi connectivity index (χ2v) is 7.01. The summed E-state index contributed by atoms with van der Waals surface area (Å²) in [6.45, 7) is 0.0925. The van der Waals surface area contributed by atoms with Crippen molar-refractivity contribution in [2.75, 3.05) is 6.54 Å². The summed E-state index contributed by atoms with van der Waals surface area (Å²) in [7, 11) is 0. The van der Waals surface area contributed by atoms with Gasteiger partial charge in [0, 0.05) is 35.6 Å². The Kier molecular flexibility index (Phi) is 5.02. The lowest BCUT2D eigenvalue weighted by Crippen LogP contribution is -2.45. The summed E-state index contributed by atoms with van der Waals surface area (Å²) in [4.78, 5) is 27.1. The molecule has 2 atom stereocenters. The van der Waals surface area contributed by atoms with E-state index in [0.717, 1.165) is 17.7 Å². The Bertz CT molecular complexity index is 1080. The summed E-state index contributed by atoms with van der Waals surface area (Å²) >= 11 is 0. The van der Waals surface area contributed by atoms with E-state index in [2.05, 4.69) is 15.6 Å². The molecule has 0 spiro atoms. The van der Waals surface area contributed by atoms with E-state index >= 15 is 0 Å². The van der Waals surface area contributed by atoms with Crippen molar-refractivity contribution in [2.45, 2.75) is 25.0 Å². The molecule has 0 saturated carbocycles. The highest BCUT2D eigenvalue weighted by atomic mass is 19.2. The number of aromatic amines is 1. The standard InChI is InChI=1S/C21H19F2N3O3/c22-14-8-13-12(6-7-18(28)26-20-17(27)10-24-21(20)29)19(11-4-2-1-3-5-11)25-16(13)9-15(14)23/h1-5,8-9,17,20,25,27H,6-7,10H2,(H,24,29)(H,26,28)/t17-,20+/m1/s1. The van der Waals surface area contributed by atoms with Crippen LogP contribution in [0.5, 0.6) is 0 Å². The predicted molar refractivity (Wildman–Crippen MR) is 103 cm³/mol. The van der Waals surface area contributed by atoms with Gasteiger partial charge in [0.2, 0.25) is 11.8 Å². The van der Waals surface area contributed by atoms with Crippen molar-refractivity contribution in [1.82, 2.24) is 15.6 Å². The molecule has 0 radical (unpaired) electrons. The first-order chi connectivity index (χ1) is 13.9. The number of fused-ring (bicyclic) bond motifs is 1. The number of aliphatic hydroxyl groups excluding tert-OH is 1. The molecule has 1 aliphatic rings. The van der Waals surface area contributed by atoms with Gasteiger partial charge in [-0.05, 0) is 23.6 Å². The molecule has 1 fully saturated rings. The van der Waals surface area contributed by atoms with Crippen LogP contribution in [-0.4, -0.2) is 40.6 Å². The molecule has 2 amide bonds. The zero-order valence-electron chi connectivity index (χ0n) is 15.3. The number of benzene rings is 2. The molecule has 1 saturated heterocycles. The van der Waals surface area contributed by atoms with Crippen molar-refractivity contribution in [3.63, 3.8) is 0 Å². The normalized spacial score (nSPS) is 18.8. The topological polar surface area (TPSA) is 94.2 Å². The van der Waals surface area contributed by atoms with Crippen LogP contribution in [-0.2, 0) is 16.0 Å². The Labute approximate surface area is 164 Å². The van der Waals surface area contributed by atoms with Gasteiger partial charge in [-0.3, -0.25) is 9.59 Å². The maximum atomic E-state index is 13.9. The van der Waals surface area contributed by atoms with E-state index in [0.29, 0.717) is 22.2 Å². The fraction of sp³-hybridized carbons (Fsp3) is 0.238. The third kappa shape index (κ3) is 3.71. The molecule has 3 aromatic rings. The number of rotatable bonds is 5. The van der Waals surface area contributed by atoms with Gasteiger partial charge in [0.25, 0.3) is 0 Å². The van der Waals surface area contributed by atoms with Gasteiger partial charge in [-0.2, -0.15) is 0 Å². The molecule has 2 aromatic carbocycles. The van der Waals surface area contributed by atoms with E-state index < -0.39 is 35.6 Å².